The van der Waals surface area contributed by atoms with Gasteiger partial charge in [0.25, 0.3) is 0 Å². The number of carbonyl (C=O) groups excluding carboxylic acids is 2. The van der Waals surface area contributed by atoms with Crippen LogP contribution in [0.1, 0.15) is 12.8 Å². The summed E-state index contributed by atoms with van der Waals surface area (Å²) < 4.78 is 34.8. The van der Waals surface area contributed by atoms with E-state index in [4.69, 9.17) is 5.73 Å². The fourth-order valence-electron chi connectivity index (χ4n) is 0.660. The second-order valence-corrected chi connectivity index (χ2v) is 2.94. The molecule has 4 nitrogen and oxygen atoms in total. The molecule has 0 aliphatic heterocycles. The van der Waals surface area contributed by atoms with Gasteiger partial charge in [-0.25, -0.2) is 0 Å². The Morgan fingerprint density at radius 2 is 1.77 bits per heavy atom. The van der Waals surface area contributed by atoms with Gasteiger partial charge in [0, 0.05) is 0 Å². The first-order valence-corrected chi connectivity index (χ1v) is 3.47. The van der Waals surface area contributed by atoms with E-state index in [2.05, 4.69) is 0 Å². The van der Waals surface area contributed by atoms with Crippen molar-refractivity contribution in [2.45, 2.75) is 24.6 Å². The summed E-state index contributed by atoms with van der Waals surface area (Å²) in [5.41, 5.74) is 3.99. The Balaban J connectivity index is 2.50. The van der Waals surface area contributed by atoms with Crippen molar-refractivity contribution in [3.05, 3.63) is 0 Å². The maximum absolute atomic E-state index is 11.6. The number of halogens is 3. The summed E-state index contributed by atoms with van der Waals surface area (Å²) in [7, 11) is 0. The van der Waals surface area contributed by atoms with Crippen LogP contribution in [0.15, 0.2) is 0 Å². The summed E-state index contributed by atoms with van der Waals surface area (Å²) in [5.74, 6) is -3.33. The number of imide groups is 1. The molecule has 0 bridgehead atoms. The van der Waals surface area contributed by atoms with Crippen LogP contribution in [0, 0.1) is 0 Å². The molecule has 0 unspecified atom stereocenters. The van der Waals surface area contributed by atoms with Crippen LogP contribution in [0.5, 0.6) is 0 Å². The fraction of sp³-hybridized carbons (Fsp3) is 0.667. The highest BCUT2D eigenvalue weighted by Gasteiger charge is 2.49. The van der Waals surface area contributed by atoms with E-state index in [9.17, 15) is 22.8 Å². The predicted octanol–water partition coefficient (Wildman–Crippen LogP) is -0.317. The van der Waals surface area contributed by atoms with Crippen LogP contribution < -0.4 is 11.1 Å². The van der Waals surface area contributed by atoms with Crippen LogP contribution in [-0.2, 0) is 9.59 Å². The summed E-state index contributed by atoms with van der Waals surface area (Å²) in [4.78, 5) is 21.1. The molecule has 7 heteroatoms. The quantitative estimate of drug-likeness (QED) is 0.603. The smallest absolute Gasteiger partial charge is 0.317 e. The maximum Gasteiger partial charge on any atom is 0.471 e. The molecule has 0 spiro atoms. The standard InChI is InChI=1S/C6H7F3N2O2/c7-6(8,9)4(13)11-3(12)5(10)1-2-5/h1-2,10H2,(H,11,12,13). The number of alkyl halides is 3. The number of nitrogens with two attached hydrogens (primary N) is 1. The SMILES string of the molecule is NC1(C(=O)NC(=O)C(F)(F)F)CC1. The molecule has 74 valence electrons. The molecule has 0 aromatic heterocycles. The predicted molar refractivity (Wildman–Crippen MR) is 35.4 cm³/mol. The molecule has 0 radical (unpaired) electrons. The van der Waals surface area contributed by atoms with Crippen LogP contribution in [-0.4, -0.2) is 23.5 Å². The molecular weight excluding hydrogens is 189 g/mol. The van der Waals surface area contributed by atoms with Gasteiger partial charge in [-0.1, -0.05) is 0 Å². The maximum atomic E-state index is 11.6. The number of nitrogens with one attached hydrogen (secondary N) is 1. The molecular formula is C6H7F3N2O2. The van der Waals surface area contributed by atoms with Gasteiger partial charge in [0.2, 0.25) is 5.91 Å². The Bertz CT molecular complexity index is 242. The summed E-state index contributed by atoms with van der Waals surface area (Å²) in [6, 6.07) is 0. The van der Waals surface area contributed by atoms with Gasteiger partial charge in [-0.2, -0.15) is 13.2 Å². The van der Waals surface area contributed by atoms with E-state index in [1.54, 1.807) is 0 Å². The van der Waals surface area contributed by atoms with Gasteiger partial charge in [0.05, 0.1) is 5.54 Å². The second-order valence-electron chi connectivity index (χ2n) is 2.94. The molecule has 0 atom stereocenters. The largest absolute Gasteiger partial charge is 0.471 e. The number of hydrogen-bond acceptors (Lipinski definition) is 3. The fourth-order valence-corrected chi connectivity index (χ4v) is 0.660. The van der Waals surface area contributed by atoms with Gasteiger partial charge >= 0.3 is 12.1 Å². The van der Waals surface area contributed by atoms with Gasteiger partial charge in [-0.15, -0.1) is 0 Å². The lowest BCUT2D eigenvalue weighted by Crippen LogP contribution is -2.49. The van der Waals surface area contributed by atoms with Gasteiger partial charge in [-0.05, 0) is 12.8 Å². The monoisotopic (exact) mass is 196 g/mol. The van der Waals surface area contributed by atoms with Gasteiger partial charge < -0.3 is 5.73 Å². The molecule has 3 N–H and O–H groups in total. The van der Waals surface area contributed by atoms with Crippen molar-refractivity contribution in [3.63, 3.8) is 0 Å². The van der Waals surface area contributed by atoms with E-state index in [0.717, 1.165) is 0 Å². The van der Waals surface area contributed by atoms with Crippen molar-refractivity contribution in [1.82, 2.24) is 5.32 Å². The minimum absolute atomic E-state index is 0.309. The first-order valence-electron chi connectivity index (χ1n) is 3.47. The summed E-state index contributed by atoms with van der Waals surface area (Å²) >= 11 is 0. The zero-order valence-electron chi connectivity index (χ0n) is 6.44. The number of hydrogen-bond donors (Lipinski definition) is 2. The van der Waals surface area contributed by atoms with Gasteiger partial charge in [0.15, 0.2) is 0 Å². The average Bonchev–Trinajstić information content (AvgIpc) is 2.67. The molecule has 1 fully saturated rings. The first kappa shape index (κ1) is 9.97. The summed E-state index contributed by atoms with van der Waals surface area (Å²) in [5, 5.41) is 1.19. The van der Waals surface area contributed by atoms with E-state index in [0.29, 0.717) is 12.8 Å². The molecule has 0 heterocycles. The highest BCUT2D eigenvalue weighted by molar-refractivity contribution is 6.03. The van der Waals surface area contributed by atoms with Crippen LogP contribution in [0.2, 0.25) is 0 Å². The average molecular weight is 196 g/mol. The van der Waals surface area contributed by atoms with E-state index >= 15 is 0 Å². The summed E-state index contributed by atoms with van der Waals surface area (Å²) in [6.07, 6.45) is -4.42. The van der Waals surface area contributed by atoms with E-state index in [-0.39, 0.29) is 0 Å². The van der Waals surface area contributed by atoms with Crippen molar-refractivity contribution in [2.75, 3.05) is 0 Å². The van der Waals surface area contributed by atoms with Crippen molar-refractivity contribution in [1.29, 1.82) is 0 Å². The first-order chi connectivity index (χ1) is 5.76. The molecule has 1 aliphatic carbocycles. The lowest BCUT2D eigenvalue weighted by Gasteiger charge is -2.09. The van der Waals surface area contributed by atoms with Crippen molar-refractivity contribution in [3.8, 4) is 0 Å². The summed E-state index contributed by atoms with van der Waals surface area (Å²) in [6.45, 7) is 0. The Hall–Kier alpha value is -1.11. The molecule has 1 rings (SSSR count). The molecule has 1 saturated carbocycles. The van der Waals surface area contributed by atoms with E-state index < -0.39 is 23.5 Å². The molecule has 2 amide bonds. The molecule has 0 aromatic carbocycles. The van der Waals surface area contributed by atoms with Crippen LogP contribution in [0.3, 0.4) is 0 Å². The topological polar surface area (TPSA) is 72.2 Å². The normalized spacial score (nSPS) is 19.4. The molecule has 13 heavy (non-hydrogen) atoms. The minimum atomic E-state index is -5.04. The highest BCUT2D eigenvalue weighted by Crippen LogP contribution is 2.32. The number of amides is 2. The highest BCUT2D eigenvalue weighted by atomic mass is 19.4. The van der Waals surface area contributed by atoms with Crippen molar-refractivity contribution in [2.24, 2.45) is 5.73 Å². The zero-order chi connectivity index (χ0) is 10.3. The van der Waals surface area contributed by atoms with E-state index in [1.165, 1.54) is 5.32 Å². The third-order valence-corrected chi connectivity index (χ3v) is 1.73. The lowest BCUT2D eigenvalue weighted by atomic mass is 10.3. The van der Waals surface area contributed by atoms with Gasteiger partial charge in [-0.3, -0.25) is 14.9 Å². The minimum Gasteiger partial charge on any atom is -0.317 e. The van der Waals surface area contributed by atoms with Gasteiger partial charge in [0.1, 0.15) is 0 Å². The van der Waals surface area contributed by atoms with E-state index in [1.807, 2.05) is 0 Å². The number of rotatable bonds is 1. The Morgan fingerprint density at radius 3 is 2.08 bits per heavy atom. The second kappa shape index (κ2) is 2.69. The van der Waals surface area contributed by atoms with Crippen LogP contribution >= 0.6 is 0 Å². The Labute approximate surface area is 71.3 Å². The lowest BCUT2D eigenvalue weighted by molar-refractivity contribution is -0.175. The van der Waals surface area contributed by atoms with Crippen LogP contribution in [0.4, 0.5) is 13.2 Å². The molecule has 1 aliphatic rings. The molecule has 0 aromatic rings. The third-order valence-electron chi connectivity index (χ3n) is 1.73. The number of carbonyl (C=O) groups is 2. The van der Waals surface area contributed by atoms with Crippen molar-refractivity contribution >= 4 is 11.8 Å². The Kier molecular flexibility index (Phi) is 2.07. The zero-order valence-corrected chi connectivity index (χ0v) is 6.44. The van der Waals surface area contributed by atoms with Crippen molar-refractivity contribution < 1.29 is 22.8 Å². The molecule has 0 saturated heterocycles. The third kappa shape index (κ3) is 2.18. The van der Waals surface area contributed by atoms with Crippen LogP contribution in [0.25, 0.3) is 0 Å². The Morgan fingerprint density at radius 1 is 1.31 bits per heavy atom.